The predicted octanol–water partition coefficient (Wildman–Crippen LogP) is 6.12. The molecule has 1 aromatic heterocycles. The van der Waals surface area contributed by atoms with E-state index in [4.69, 9.17) is 4.74 Å². The average Bonchev–Trinajstić information content (AvgIpc) is 3.03. The van der Waals surface area contributed by atoms with Crippen LogP contribution in [-0.2, 0) is 11.3 Å². The minimum atomic E-state index is 1.00. The Labute approximate surface area is 164 Å². The van der Waals surface area contributed by atoms with Crippen LogP contribution in [0, 0.1) is 0 Å². The lowest BCUT2D eigenvalue weighted by Gasteiger charge is -2.26. The highest BCUT2D eigenvalue weighted by Gasteiger charge is 2.23. The van der Waals surface area contributed by atoms with Gasteiger partial charge in [0.15, 0.2) is 0 Å². The van der Waals surface area contributed by atoms with Gasteiger partial charge in [0.25, 0.3) is 5.01 Å². The van der Waals surface area contributed by atoms with Crippen LogP contribution < -0.4 is 4.57 Å². The van der Waals surface area contributed by atoms with Gasteiger partial charge in [0, 0.05) is 23.5 Å². The molecule has 0 N–H and O–H groups in total. The second-order valence-electron chi connectivity index (χ2n) is 6.96. The Morgan fingerprint density at radius 1 is 1.23 bits per heavy atom. The number of thiazole rings is 1. The van der Waals surface area contributed by atoms with E-state index >= 15 is 0 Å². The van der Waals surface area contributed by atoms with Crippen molar-refractivity contribution in [3.8, 4) is 0 Å². The van der Waals surface area contributed by atoms with Crippen LogP contribution >= 0.6 is 23.1 Å². The van der Waals surface area contributed by atoms with Crippen LogP contribution in [0.5, 0.6) is 0 Å². The monoisotopic (exact) mass is 384 g/mol. The second-order valence-corrected chi connectivity index (χ2v) is 8.90. The Bertz CT molecular complexity index is 933. The van der Waals surface area contributed by atoms with Crippen LogP contribution in [0.15, 0.2) is 51.6 Å². The summed E-state index contributed by atoms with van der Waals surface area (Å²) in [6.07, 6.45) is 12.5. The zero-order chi connectivity index (χ0) is 18.1. The SMILES string of the molecule is CC[n+]1c(C=C2CCC3=C(C2)CC(OC)=CC3)sc2ccc(SC)cc21. The first-order valence-electron chi connectivity index (χ1n) is 9.34. The van der Waals surface area contributed by atoms with Crippen molar-refractivity contribution in [1.29, 1.82) is 0 Å². The van der Waals surface area contributed by atoms with Gasteiger partial charge in [-0.3, -0.25) is 0 Å². The molecule has 2 aromatic rings. The van der Waals surface area contributed by atoms with E-state index in [2.05, 4.69) is 48.1 Å². The first-order valence-corrected chi connectivity index (χ1v) is 11.4. The van der Waals surface area contributed by atoms with E-state index in [0.717, 1.165) is 31.6 Å². The normalized spacial score (nSPS) is 19.0. The summed E-state index contributed by atoms with van der Waals surface area (Å²) in [6, 6.07) is 6.84. The third kappa shape index (κ3) is 3.37. The van der Waals surface area contributed by atoms with Crippen molar-refractivity contribution >= 4 is 39.4 Å². The van der Waals surface area contributed by atoms with E-state index in [0.29, 0.717) is 0 Å². The highest BCUT2D eigenvalue weighted by Crippen LogP contribution is 2.38. The number of fused-ring (bicyclic) bond motifs is 1. The van der Waals surface area contributed by atoms with Gasteiger partial charge < -0.3 is 4.74 Å². The molecule has 0 aliphatic heterocycles. The number of allylic oxidation sites excluding steroid dienone is 4. The van der Waals surface area contributed by atoms with Crippen LogP contribution in [0.3, 0.4) is 0 Å². The average molecular weight is 385 g/mol. The van der Waals surface area contributed by atoms with Gasteiger partial charge in [0.1, 0.15) is 11.2 Å². The summed E-state index contributed by atoms with van der Waals surface area (Å²) >= 11 is 3.74. The zero-order valence-corrected chi connectivity index (χ0v) is 17.4. The minimum Gasteiger partial charge on any atom is -0.501 e. The molecule has 0 amide bonds. The van der Waals surface area contributed by atoms with Gasteiger partial charge in [0.05, 0.1) is 12.9 Å². The number of rotatable bonds is 4. The summed E-state index contributed by atoms with van der Waals surface area (Å²) in [7, 11) is 1.79. The minimum absolute atomic E-state index is 1.00. The molecular weight excluding hydrogens is 358 g/mol. The lowest BCUT2D eigenvalue weighted by Crippen LogP contribution is -2.33. The largest absolute Gasteiger partial charge is 0.501 e. The number of ether oxygens (including phenoxy) is 1. The number of aromatic nitrogens is 1. The highest BCUT2D eigenvalue weighted by atomic mass is 32.2. The summed E-state index contributed by atoms with van der Waals surface area (Å²) in [6.45, 7) is 3.26. The van der Waals surface area contributed by atoms with E-state index in [1.165, 1.54) is 33.0 Å². The van der Waals surface area contributed by atoms with Crippen LogP contribution in [0.1, 0.15) is 44.0 Å². The Kier molecular flexibility index (Phi) is 5.23. The van der Waals surface area contributed by atoms with E-state index in [-0.39, 0.29) is 0 Å². The fourth-order valence-electron chi connectivity index (χ4n) is 4.02. The number of thioether (sulfide) groups is 1. The van der Waals surface area contributed by atoms with Gasteiger partial charge in [0.2, 0.25) is 5.52 Å². The Hall–Kier alpha value is -1.52. The highest BCUT2D eigenvalue weighted by molar-refractivity contribution is 7.98. The molecule has 4 rings (SSSR count). The van der Waals surface area contributed by atoms with Gasteiger partial charge in [-0.05, 0) is 57.1 Å². The summed E-state index contributed by atoms with van der Waals surface area (Å²) in [5.41, 5.74) is 6.18. The van der Waals surface area contributed by atoms with Gasteiger partial charge >= 0.3 is 0 Å². The maximum Gasteiger partial charge on any atom is 0.262 e. The summed E-state index contributed by atoms with van der Waals surface area (Å²) in [4.78, 5) is 1.34. The van der Waals surface area contributed by atoms with Crippen molar-refractivity contribution in [3.63, 3.8) is 0 Å². The fourth-order valence-corrected chi connectivity index (χ4v) is 5.66. The topological polar surface area (TPSA) is 13.1 Å². The van der Waals surface area contributed by atoms with Crippen molar-refractivity contribution in [3.05, 3.63) is 51.8 Å². The molecule has 2 aliphatic carbocycles. The van der Waals surface area contributed by atoms with Crippen LogP contribution in [-0.4, -0.2) is 13.4 Å². The second kappa shape index (κ2) is 7.61. The first-order chi connectivity index (χ1) is 12.7. The van der Waals surface area contributed by atoms with Gasteiger partial charge in [-0.15, -0.1) is 11.8 Å². The van der Waals surface area contributed by atoms with Crippen molar-refractivity contribution in [2.24, 2.45) is 0 Å². The zero-order valence-electron chi connectivity index (χ0n) is 15.8. The van der Waals surface area contributed by atoms with Crippen molar-refractivity contribution < 1.29 is 9.30 Å². The molecule has 1 heterocycles. The number of methoxy groups -OCH3 is 1. The van der Waals surface area contributed by atoms with Crippen molar-refractivity contribution in [1.82, 2.24) is 0 Å². The van der Waals surface area contributed by atoms with Crippen molar-refractivity contribution in [2.45, 2.75) is 50.5 Å². The van der Waals surface area contributed by atoms with Gasteiger partial charge in [-0.25, -0.2) is 0 Å². The quantitative estimate of drug-likeness (QED) is 0.358. The lowest BCUT2D eigenvalue weighted by atomic mass is 9.82. The Balaban J connectivity index is 1.65. The van der Waals surface area contributed by atoms with E-state index < -0.39 is 0 Å². The summed E-state index contributed by atoms with van der Waals surface area (Å²) in [5, 5.41) is 1.39. The lowest BCUT2D eigenvalue weighted by molar-refractivity contribution is -0.665. The fraction of sp³-hybridized carbons (Fsp3) is 0.409. The number of hydrogen-bond donors (Lipinski definition) is 0. The molecule has 0 unspecified atom stereocenters. The molecule has 2 aliphatic rings. The van der Waals surface area contributed by atoms with E-state index in [1.54, 1.807) is 23.8 Å². The molecule has 0 saturated heterocycles. The molecular formula is C22H26NOS2+. The standard InChI is InChI=1S/C22H26NOS2/c1-4-23-20-14-19(25-3)9-10-21(20)26-22(23)12-15-5-6-16-7-8-18(24-2)13-17(16)11-15/h8-10,12,14H,4-7,11,13H2,1-3H3/q+1. The number of hydrogen-bond acceptors (Lipinski definition) is 3. The number of benzene rings is 1. The molecule has 4 heteroatoms. The van der Waals surface area contributed by atoms with E-state index in [9.17, 15) is 0 Å². The summed E-state index contributed by atoms with van der Waals surface area (Å²) in [5.74, 6) is 1.14. The third-order valence-corrected chi connectivity index (χ3v) is 7.33. The van der Waals surface area contributed by atoms with Crippen LogP contribution in [0.25, 0.3) is 16.3 Å². The van der Waals surface area contributed by atoms with Crippen molar-refractivity contribution in [2.75, 3.05) is 13.4 Å². The predicted molar refractivity (Wildman–Crippen MR) is 113 cm³/mol. The van der Waals surface area contributed by atoms with Crippen LogP contribution in [0.2, 0.25) is 0 Å². The van der Waals surface area contributed by atoms with Gasteiger partial charge in [-0.1, -0.05) is 28.1 Å². The van der Waals surface area contributed by atoms with E-state index in [1.807, 2.05) is 23.1 Å². The maximum atomic E-state index is 5.50. The molecule has 0 saturated carbocycles. The molecule has 0 bridgehead atoms. The summed E-state index contributed by atoms with van der Waals surface area (Å²) < 4.78 is 9.35. The van der Waals surface area contributed by atoms with Crippen LogP contribution in [0.4, 0.5) is 0 Å². The Morgan fingerprint density at radius 3 is 2.88 bits per heavy atom. The molecule has 0 fully saturated rings. The molecule has 0 spiro atoms. The molecule has 1 aromatic carbocycles. The van der Waals surface area contributed by atoms with Gasteiger partial charge in [-0.2, -0.15) is 4.57 Å². The first kappa shape index (κ1) is 17.9. The molecule has 26 heavy (non-hydrogen) atoms. The Morgan fingerprint density at radius 2 is 2.12 bits per heavy atom. The number of nitrogens with zero attached hydrogens (tertiary/aromatic N) is 1. The molecule has 2 nitrogen and oxygen atoms in total. The molecule has 136 valence electrons. The molecule has 0 radical (unpaired) electrons. The molecule has 0 atom stereocenters. The smallest absolute Gasteiger partial charge is 0.262 e. The maximum absolute atomic E-state index is 5.50. The number of aryl methyl sites for hydroxylation is 1. The third-order valence-electron chi connectivity index (χ3n) is 5.50.